The monoisotopic (exact) mass is 454 g/mol. The number of hydrogen-bond acceptors (Lipinski definition) is 2. The molecule has 33 heavy (non-hydrogen) atoms. The summed E-state index contributed by atoms with van der Waals surface area (Å²) in [6, 6.07) is 20.2. The SMILES string of the molecule is Cc1cccc(/C=C(\CC[C@H](O)c2cccc(C)c2)[C@@](O)(c2cccc(C)c2)C(F)(F)F)c1. The molecule has 0 radical (unpaired) electrons. The summed E-state index contributed by atoms with van der Waals surface area (Å²) in [6.07, 6.45) is -4.63. The van der Waals surface area contributed by atoms with Gasteiger partial charge in [0.2, 0.25) is 5.60 Å². The number of aryl methyl sites for hydroxylation is 3. The van der Waals surface area contributed by atoms with Crippen LogP contribution in [0.2, 0.25) is 0 Å². The Morgan fingerprint density at radius 3 is 2.00 bits per heavy atom. The second kappa shape index (κ2) is 9.94. The predicted octanol–water partition coefficient (Wildman–Crippen LogP) is 6.96. The van der Waals surface area contributed by atoms with Crippen molar-refractivity contribution < 1.29 is 23.4 Å². The summed E-state index contributed by atoms with van der Waals surface area (Å²) in [6.45, 7) is 5.43. The molecule has 0 unspecified atom stereocenters. The Bertz CT molecular complexity index is 1130. The van der Waals surface area contributed by atoms with Gasteiger partial charge in [-0.1, -0.05) is 95.6 Å². The lowest BCUT2D eigenvalue weighted by Gasteiger charge is -2.34. The van der Waals surface area contributed by atoms with Crippen molar-refractivity contribution in [2.24, 2.45) is 0 Å². The first-order valence-electron chi connectivity index (χ1n) is 10.9. The third-order valence-corrected chi connectivity index (χ3v) is 5.81. The molecule has 0 amide bonds. The zero-order valence-corrected chi connectivity index (χ0v) is 19.0. The standard InChI is InChI=1S/C28H29F3O2/c1-19-7-4-10-22(15-19)18-25(13-14-26(32)23-11-5-8-20(2)16-23)27(33,28(29,30)31)24-12-6-9-21(3)17-24/h4-12,15-18,26,32-33H,13-14H2,1-3H3/b25-18+/t26-,27-/m0/s1. The van der Waals surface area contributed by atoms with Gasteiger partial charge in [-0.05, 0) is 55.9 Å². The molecular formula is C28H29F3O2. The zero-order valence-electron chi connectivity index (χ0n) is 19.0. The van der Waals surface area contributed by atoms with Gasteiger partial charge in [-0.2, -0.15) is 13.2 Å². The van der Waals surface area contributed by atoms with E-state index >= 15 is 0 Å². The van der Waals surface area contributed by atoms with E-state index in [0.29, 0.717) is 16.7 Å². The number of aliphatic hydroxyl groups is 2. The second-order valence-electron chi connectivity index (χ2n) is 8.63. The molecule has 0 heterocycles. The van der Waals surface area contributed by atoms with E-state index in [2.05, 4.69) is 0 Å². The van der Waals surface area contributed by atoms with E-state index in [1.54, 1.807) is 43.3 Å². The van der Waals surface area contributed by atoms with Crippen LogP contribution in [0.4, 0.5) is 13.2 Å². The molecule has 0 aromatic heterocycles. The normalized spacial score (nSPS) is 15.2. The first-order valence-corrected chi connectivity index (χ1v) is 10.9. The topological polar surface area (TPSA) is 40.5 Å². The molecule has 0 aliphatic carbocycles. The van der Waals surface area contributed by atoms with Crippen molar-refractivity contribution in [3.8, 4) is 0 Å². The molecule has 0 bridgehead atoms. The van der Waals surface area contributed by atoms with E-state index in [9.17, 15) is 23.4 Å². The van der Waals surface area contributed by atoms with Crippen LogP contribution in [0.5, 0.6) is 0 Å². The van der Waals surface area contributed by atoms with Gasteiger partial charge in [0.1, 0.15) is 0 Å². The molecule has 3 aromatic carbocycles. The molecule has 0 saturated carbocycles. The largest absolute Gasteiger partial charge is 0.425 e. The molecule has 174 valence electrons. The van der Waals surface area contributed by atoms with Gasteiger partial charge in [-0.15, -0.1) is 0 Å². The molecular weight excluding hydrogens is 425 g/mol. The van der Waals surface area contributed by atoms with Crippen LogP contribution in [0.1, 0.15) is 52.3 Å². The second-order valence-corrected chi connectivity index (χ2v) is 8.63. The third-order valence-electron chi connectivity index (χ3n) is 5.81. The lowest BCUT2D eigenvalue weighted by Crippen LogP contribution is -2.44. The number of alkyl halides is 3. The fraction of sp³-hybridized carbons (Fsp3) is 0.286. The highest BCUT2D eigenvalue weighted by Gasteiger charge is 2.57. The van der Waals surface area contributed by atoms with Gasteiger partial charge < -0.3 is 10.2 Å². The average Bonchev–Trinajstić information content (AvgIpc) is 2.75. The van der Waals surface area contributed by atoms with Crippen LogP contribution in [-0.2, 0) is 5.60 Å². The van der Waals surface area contributed by atoms with Crippen molar-refractivity contribution in [1.29, 1.82) is 0 Å². The highest BCUT2D eigenvalue weighted by atomic mass is 19.4. The summed E-state index contributed by atoms with van der Waals surface area (Å²) in [5, 5.41) is 22.0. The van der Waals surface area contributed by atoms with Gasteiger partial charge >= 0.3 is 6.18 Å². The van der Waals surface area contributed by atoms with Crippen LogP contribution < -0.4 is 0 Å². The van der Waals surface area contributed by atoms with Crippen LogP contribution in [0.3, 0.4) is 0 Å². The minimum atomic E-state index is -4.95. The Labute approximate surface area is 193 Å². The molecule has 2 N–H and O–H groups in total. The Balaban J connectivity index is 2.08. The molecule has 3 aromatic rings. The molecule has 5 heteroatoms. The fourth-order valence-electron chi connectivity index (χ4n) is 4.06. The molecule has 3 rings (SSSR count). The lowest BCUT2D eigenvalue weighted by molar-refractivity contribution is -0.250. The van der Waals surface area contributed by atoms with Gasteiger partial charge in [-0.25, -0.2) is 0 Å². The van der Waals surface area contributed by atoms with Crippen LogP contribution >= 0.6 is 0 Å². The van der Waals surface area contributed by atoms with Gasteiger partial charge in [-0.3, -0.25) is 0 Å². The molecule has 0 aliphatic heterocycles. The minimum Gasteiger partial charge on any atom is -0.388 e. The Morgan fingerprint density at radius 1 is 0.848 bits per heavy atom. The average molecular weight is 455 g/mol. The first kappa shape index (κ1) is 24.7. The number of benzene rings is 3. The summed E-state index contributed by atoms with van der Waals surface area (Å²) in [7, 11) is 0. The maximum atomic E-state index is 14.5. The van der Waals surface area contributed by atoms with Crippen molar-refractivity contribution in [3.63, 3.8) is 0 Å². The Hall–Kier alpha value is -2.89. The molecule has 2 nitrogen and oxygen atoms in total. The molecule has 0 saturated heterocycles. The van der Waals surface area contributed by atoms with E-state index in [0.717, 1.165) is 11.1 Å². The quantitative estimate of drug-likeness (QED) is 0.405. The number of halogens is 3. The number of aliphatic hydroxyl groups excluding tert-OH is 1. The predicted molar refractivity (Wildman–Crippen MR) is 126 cm³/mol. The van der Waals surface area contributed by atoms with E-state index in [4.69, 9.17) is 0 Å². The maximum Gasteiger partial charge on any atom is 0.425 e. The number of hydrogen-bond donors (Lipinski definition) is 2. The number of rotatable bonds is 7. The van der Waals surface area contributed by atoms with E-state index in [1.165, 1.54) is 24.3 Å². The van der Waals surface area contributed by atoms with Gasteiger partial charge in [0.05, 0.1) is 6.10 Å². The molecule has 0 aliphatic rings. The summed E-state index contributed by atoms with van der Waals surface area (Å²) in [5.41, 5.74) is 0.0282. The summed E-state index contributed by atoms with van der Waals surface area (Å²) >= 11 is 0. The van der Waals surface area contributed by atoms with Gasteiger partial charge in [0.15, 0.2) is 0 Å². The Morgan fingerprint density at radius 2 is 1.42 bits per heavy atom. The van der Waals surface area contributed by atoms with Crippen LogP contribution in [0.25, 0.3) is 6.08 Å². The highest BCUT2D eigenvalue weighted by Crippen LogP contribution is 2.47. The van der Waals surface area contributed by atoms with Gasteiger partial charge in [0, 0.05) is 0 Å². The van der Waals surface area contributed by atoms with Gasteiger partial charge in [0.25, 0.3) is 0 Å². The van der Waals surface area contributed by atoms with Crippen molar-refractivity contribution in [2.75, 3.05) is 0 Å². The zero-order chi connectivity index (χ0) is 24.2. The van der Waals surface area contributed by atoms with Crippen molar-refractivity contribution >= 4 is 6.08 Å². The van der Waals surface area contributed by atoms with E-state index in [1.807, 2.05) is 32.0 Å². The van der Waals surface area contributed by atoms with Crippen LogP contribution in [-0.4, -0.2) is 16.4 Å². The molecule has 0 fully saturated rings. The summed E-state index contributed by atoms with van der Waals surface area (Å²) in [4.78, 5) is 0. The highest BCUT2D eigenvalue weighted by molar-refractivity contribution is 5.58. The van der Waals surface area contributed by atoms with E-state index in [-0.39, 0.29) is 24.0 Å². The van der Waals surface area contributed by atoms with Crippen molar-refractivity contribution in [2.45, 2.75) is 51.5 Å². The maximum absolute atomic E-state index is 14.5. The van der Waals surface area contributed by atoms with Crippen molar-refractivity contribution in [1.82, 2.24) is 0 Å². The minimum absolute atomic E-state index is 0.0330. The fourth-order valence-corrected chi connectivity index (χ4v) is 4.06. The van der Waals surface area contributed by atoms with Crippen LogP contribution in [0, 0.1) is 20.8 Å². The first-order chi connectivity index (χ1) is 15.5. The Kier molecular flexibility index (Phi) is 7.45. The van der Waals surface area contributed by atoms with Crippen molar-refractivity contribution in [3.05, 3.63) is 112 Å². The summed E-state index contributed by atoms with van der Waals surface area (Å²) < 4.78 is 43.5. The summed E-state index contributed by atoms with van der Waals surface area (Å²) in [5.74, 6) is 0. The van der Waals surface area contributed by atoms with Crippen LogP contribution in [0.15, 0.2) is 78.4 Å². The molecule has 2 atom stereocenters. The van der Waals surface area contributed by atoms with E-state index < -0.39 is 17.9 Å². The molecule has 0 spiro atoms. The lowest BCUT2D eigenvalue weighted by atomic mass is 9.80. The third kappa shape index (κ3) is 5.73. The smallest absolute Gasteiger partial charge is 0.388 e.